The van der Waals surface area contributed by atoms with Gasteiger partial charge in [-0.05, 0) is 57.4 Å². The second kappa shape index (κ2) is 8.97. The van der Waals surface area contributed by atoms with Gasteiger partial charge in [-0.2, -0.15) is 0 Å². The van der Waals surface area contributed by atoms with E-state index in [2.05, 4.69) is 0 Å². The molecule has 33 heavy (non-hydrogen) atoms. The van der Waals surface area contributed by atoms with E-state index in [9.17, 15) is 14.4 Å². The first kappa shape index (κ1) is 25.2. The Morgan fingerprint density at radius 1 is 0.636 bits per heavy atom. The van der Waals surface area contributed by atoms with Crippen LogP contribution in [0.1, 0.15) is 20.8 Å². The Morgan fingerprint density at radius 3 is 1.06 bits per heavy atom. The largest absolute Gasteiger partial charge is 0.469 e. The van der Waals surface area contributed by atoms with Gasteiger partial charge in [0.05, 0.1) is 19.6 Å². The highest BCUT2D eigenvalue weighted by Crippen LogP contribution is 2.32. The van der Waals surface area contributed by atoms with Gasteiger partial charge in [-0.25, -0.2) is 28.1 Å². The fraction of sp³-hybridized carbons (Fsp3) is 0.667. The Kier molecular flexibility index (Phi) is 6.86. The smallest absolute Gasteiger partial charge is 0.336 e. The summed E-state index contributed by atoms with van der Waals surface area (Å²) < 4.78 is 21.3. The van der Waals surface area contributed by atoms with Crippen LogP contribution in [-0.2, 0) is 33.8 Å². The SMILES string of the molecule is CC1(Cn2c(=O)n(CC3(C)CSC(=S)O3)c(=O)n(CC3(C)CSC(=S)O3)c2=O)CSC(=S)O1. The van der Waals surface area contributed by atoms with E-state index in [1.165, 1.54) is 35.3 Å². The number of thiocarbonyl (C=S) groups is 3. The fourth-order valence-electron chi connectivity index (χ4n) is 3.74. The topological polar surface area (TPSA) is 93.7 Å². The predicted molar refractivity (Wildman–Crippen MR) is 143 cm³/mol. The second-order valence-corrected chi connectivity index (χ2v) is 13.6. The molecular weight excluding hydrogens is 547 g/mol. The van der Waals surface area contributed by atoms with Gasteiger partial charge in [0, 0.05) is 17.3 Å². The Morgan fingerprint density at radius 2 is 0.879 bits per heavy atom. The van der Waals surface area contributed by atoms with Gasteiger partial charge >= 0.3 is 17.1 Å². The first-order valence-electron chi connectivity index (χ1n) is 9.84. The van der Waals surface area contributed by atoms with Crippen molar-refractivity contribution in [3.63, 3.8) is 0 Å². The van der Waals surface area contributed by atoms with Gasteiger partial charge in [-0.15, -0.1) is 0 Å². The molecule has 1 aromatic rings. The summed E-state index contributed by atoms with van der Waals surface area (Å²) in [5.74, 6) is 1.44. The van der Waals surface area contributed by atoms with E-state index in [1.807, 2.05) is 0 Å². The molecule has 9 nitrogen and oxygen atoms in total. The number of thioether (sulfide) groups is 3. The van der Waals surface area contributed by atoms with Crippen molar-refractivity contribution < 1.29 is 14.2 Å². The van der Waals surface area contributed by atoms with E-state index < -0.39 is 33.9 Å². The van der Waals surface area contributed by atoms with Gasteiger partial charge in [-0.1, -0.05) is 35.3 Å². The Balaban J connectivity index is 1.81. The van der Waals surface area contributed by atoms with Gasteiger partial charge in [-0.3, -0.25) is 0 Å². The number of hydrogen-bond acceptors (Lipinski definition) is 12. The normalized spacial score (nSPS) is 31.5. The minimum absolute atomic E-state index is 0.0620. The van der Waals surface area contributed by atoms with Gasteiger partial charge in [0.1, 0.15) is 16.8 Å². The molecule has 0 amide bonds. The molecule has 4 rings (SSSR count). The van der Waals surface area contributed by atoms with Crippen LogP contribution in [0.4, 0.5) is 0 Å². The van der Waals surface area contributed by atoms with Crippen molar-refractivity contribution in [2.75, 3.05) is 17.3 Å². The van der Waals surface area contributed by atoms with Crippen molar-refractivity contribution in [3.05, 3.63) is 31.5 Å². The van der Waals surface area contributed by atoms with Crippen LogP contribution in [0.25, 0.3) is 0 Å². The van der Waals surface area contributed by atoms with Crippen molar-refractivity contribution in [3.8, 4) is 0 Å². The maximum atomic E-state index is 13.4. The Hall–Kier alpha value is -0.870. The molecule has 0 N–H and O–H groups in total. The summed E-state index contributed by atoms with van der Waals surface area (Å²) in [7, 11) is 0. The van der Waals surface area contributed by atoms with Gasteiger partial charge in [0.15, 0.2) is 0 Å². The molecule has 3 aliphatic rings. The predicted octanol–water partition coefficient (Wildman–Crippen LogP) is 1.59. The number of hydrogen-bond donors (Lipinski definition) is 0. The molecule has 4 heterocycles. The molecule has 3 fully saturated rings. The van der Waals surface area contributed by atoms with Crippen LogP contribution in [0.5, 0.6) is 0 Å². The lowest BCUT2D eigenvalue weighted by Gasteiger charge is -2.28. The maximum Gasteiger partial charge on any atom is 0.336 e. The van der Waals surface area contributed by atoms with Crippen LogP contribution in [0.2, 0.25) is 0 Å². The molecule has 3 atom stereocenters. The molecule has 1 aromatic heterocycles. The second-order valence-electron chi connectivity index (χ2n) is 8.88. The van der Waals surface area contributed by atoms with Gasteiger partial charge < -0.3 is 14.2 Å². The van der Waals surface area contributed by atoms with E-state index in [4.69, 9.17) is 50.9 Å². The van der Waals surface area contributed by atoms with Crippen LogP contribution in [0.3, 0.4) is 0 Å². The lowest BCUT2D eigenvalue weighted by Crippen LogP contribution is -2.60. The number of rotatable bonds is 6. The minimum Gasteiger partial charge on any atom is -0.469 e. The lowest BCUT2D eigenvalue weighted by molar-refractivity contribution is 0.0755. The van der Waals surface area contributed by atoms with E-state index in [1.54, 1.807) is 20.8 Å². The number of aromatic nitrogens is 3. The average molecular weight is 568 g/mol. The summed E-state index contributed by atoms with van der Waals surface area (Å²) >= 11 is 19.4. The molecule has 0 spiro atoms. The monoisotopic (exact) mass is 567 g/mol. The minimum atomic E-state index is -0.860. The van der Waals surface area contributed by atoms with Crippen LogP contribution in [-0.4, -0.2) is 60.9 Å². The lowest BCUT2D eigenvalue weighted by atomic mass is 10.1. The first-order valence-corrected chi connectivity index (χ1v) is 14.0. The van der Waals surface area contributed by atoms with E-state index in [-0.39, 0.29) is 19.6 Å². The summed E-state index contributed by atoms with van der Waals surface area (Å²) in [6.45, 7) is 5.14. The molecule has 0 bridgehead atoms. The standard InChI is InChI=1S/C18H21N3O6S6/c1-16(7-31-13(28)25-16)4-19-10(22)20(5-17(2)8-32-14(29)26-17)12(24)21(11(19)23)6-18(3)9-33-15(30)27-18/h4-9H2,1-3H3. The molecule has 3 aliphatic heterocycles. The van der Waals surface area contributed by atoms with Gasteiger partial charge in [0.25, 0.3) is 0 Å². The van der Waals surface area contributed by atoms with Crippen LogP contribution >= 0.6 is 71.9 Å². The summed E-state index contributed by atoms with van der Waals surface area (Å²) in [6.07, 6.45) is 0. The molecule has 0 saturated carbocycles. The average Bonchev–Trinajstić information content (AvgIpc) is 3.37. The number of nitrogens with zero attached hydrogens (tertiary/aromatic N) is 3. The Bertz CT molecular complexity index is 1050. The van der Waals surface area contributed by atoms with Crippen LogP contribution in [0.15, 0.2) is 14.4 Å². The fourth-order valence-corrected chi connectivity index (χ4v) is 7.38. The van der Waals surface area contributed by atoms with Crippen molar-refractivity contribution >= 4 is 85.1 Å². The third kappa shape index (κ3) is 5.22. The summed E-state index contributed by atoms with van der Waals surface area (Å²) in [6, 6.07) is 0. The van der Waals surface area contributed by atoms with Gasteiger partial charge in [0.2, 0.25) is 13.1 Å². The molecule has 0 aliphatic carbocycles. The summed E-state index contributed by atoms with van der Waals surface area (Å²) in [4.78, 5) is 40.3. The molecule has 3 saturated heterocycles. The Labute approximate surface area is 217 Å². The highest BCUT2D eigenvalue weighted by molar-refractivity contribution is 8.23. The van der Waals surface area contributed by atoms with Crippen LogP contribution < -0.4 is 17.1 Å². The molecule has 15 heteroatoms. The van der Waals surface area contributed by atoms with Crippen molar-refractivity contribution in [1.29, 1.82) is 0 Å². The zero-order valence-electron chi connectivity index (χ0n) is 18.0. The maximum absolute atomic E-state index is 13.4. The van der Waals surface area contributed by atoms with E-state index in [0.29, 0.717) is 30.4 Å². The van der Waals surface area contributed by atoms with E-state index in [0.717, 1.165) is 13.7 Å². The summed E-state index contributed by atoms with van der Waals surface area (Å²) in [5, 5.41) is 0. The zero-order chi connectivity index (χ0) is 24.2. The quantitative estimate of drug-likeness (QED) is 0.468. The molecule has 180 valence electrons. The van der Waals surface area contributed by atoms with Crippen molar-refractivity contribution in [2.45, 2.75) is 57.2 Å². The highest BCUT2D eigenvalue weighted by Gasteiger charge is 2.41. The molecular formula is C18H21N3O6S6. The highest BCUT2D eigenvalue weighted by atomic mass is 32.2. The number of ether oxygens (including phenoxy) is 3. The third-order valence-corrected chi connectivity index (χ3v) is 9.87. The molecule has 3 unspecified atom stereocenters. The van der Waals surface area contributed by atoms with Crippen molar-refractivity contribution in [1.82, 2.24) is 13.7 Å². The van der Waals surface area contributed by atoms with Crippen LogP contribution in [0, 0.1) is 0 Å². The molecule has 0 radical (unpaired) electrons. The zero-order valence-corrected chi connectivity index (χ0v) is 22.9. The third-order valence-electron chi connectivity index (χ3n) is 5.34. The van der Waals surface area contributed by atoms with E-state index >= 15 is 0 Å². The molecule has 0 aromatic carbocycles. The van der Waals surface area contributed by atoms with Crippen molar-refractivity contribution in [2.24, 2.45) is 0 Å². The first-order chi connectivity index (χ1) is 15.3. The summed E-state index contributed by atoms with van der Waals surface area (Å²) in [5.41, 5.74) is -4.78.